The molecule has 1 aliphatic rings. The normalized spacial score (nSPS) is 14.6. The Morgan fingerprint density at radius 2 is 1.55 bits per heavy atom. The third-order valence-electron chi connectivity index (χ3n) is 4.85. The average Bonchev–Trinajstić information content (AvgIpc) is 2.83. The van der Waals surface area contributed by atoms with Crippen LogP contribution >= 0.6 is 0 Å². The van der Waals surface area contributed by atoms with E-state index in [0.29, 0.717) is 25.9 Å². The predicted molar refractivity (Wildman–Crippen MR) is 119 cm³/mol. The first-order chi connectivity index (χ1) is 14.3. The van der Waals surface area contributed by atoms with Crippen molar-refractivity contribution in [3.63, 3.8) is 0 Å². The number of ether oxygens (including phenoxy) is 2. The van der Waals surface area contributed by atoms with Gasteiger partial charge in [0.15, 0.2) is 0 Å². The van der Waals surface area contributed by atoms with E-state index in [1.807, 2.05) is 66.7 Å². The number of benzene rings is 1. The number of rotatable bonds is 1. The van der Waals surface area contributed by atoms with Crippen molar-refractivity contribution in [3.05, 3.63) is 41.1 Å². The summed E-state index contributed by atoms with van der Waals surface area (Å²) in [6.45, 7) is 14.0. The van der Waals surface area contributed by atoms with Crippen LogP contribution < -0.4 is 0 Å². The second-order valence-electron chi connectivity index (χ2n) is 10.0. The number of carbonyl (C=O) groups is 2. The summed E-state index contributed by atoms with van der Waals surface area (Å²) in [6.07, 6.45) is 0.229. The summed E-state index contributed by atoms with van der Waals surface area (Å²) in [6, 6.07) is 8.05. The van der Waals surface area contributed by atoms with E-state index in [2.05, 4.69) is 11.2 Å². The van der Waals surface area contributed by atoms with Crippen molar-refractivity contribution in [2.24, 2.45) is 0 Å². The Bertz CT molecular complexity index is 980. The number of hydrogen-bond acceptors (Lipinski definition) is 5. The van der Waals surface area contributed by atoms with Gasteiger partial charge in [-0.05, 0) is 61.0 Å². The maximum atomic E-state index is 12.9. The first kappa shape index (κ1) is 22.8. The Morgan fingerprint density at radius 3 is 2.16 bits per heavy atom. The maximum absolute atomic E-state index is 12.9. The quantitative estimate of drug-likeness (QED) is 0.642. The molecule has 1 aromatic heterocycles. The number of aryl methyl sites for hydroxylation is 1. The van der Waals surface area contributed by atoms with Crippen LogP contribution in [-0.4, -0.2) is 51.2 Å². The molecular formula is C24H33N3O4. The van der Waals surface area contributed by atoms with Gasteiger partial charge in [0.05, 0.1) is 11.4 Å². The molecule has 0 atom stereocenters. The molecule has 1 aliphatic heterocycles. The number of aromatic nitrogens is 2. The highest BCUT2D eigenvalue weighted by atomic mass is 16.6. The van der Waals surface area contributed by atoms with Gasteiger partial charge in [-0.25, -0.2) is 9.59 Å². The van der Waals surface area contributed by atoms with Crippen LogP contribution in [0.1, 0.15) is 58.4 Å². The van der Waals surface area contributed by atoms with E-state index in [1.54, 1.807) is 4.90 Å². The smallest absolute Gasteiger partial charge is 0.435 e. The van der Waals surface area contributed by atoms with Gasteiger partial charge in [0.1, 0.15) is 11.2 Å². The molecule has 0 bridgehead atoms. The van der Waals surface area contributed by atoms with Gasteiger partial charge in [0, 0.05) is 30.6 Å². The Balaban J connectivity index is 1.98. The fourth-order valence-corrected chi connectivity index (χ4v) is 3.59. The van der Waals surface area contributed by atoms with Crippen LogP contribution in [0.3, 0.4) is 0 Å². The summed E-state index contributed by atoms with van der Waals surface area (Å²) in [7, 11) is 0. The minimum absolute atomic E-state index is 0.341. The molecule has 0 saturated carbocycles. The van der Waals surface area contributed by atoms with Gasteiger partial charge in [-0.1, -0.05) is 23.8 Å². The van der Waals surface area contributed by atoms with Gasteiger partial charge in [0.25, 0.3) is 0 Å². The summed E-state index contributed by atoms with van der Waals surface area (Å²) in [4.78, 5) is 27.3. The molecule has 2 heterocycles. The lowest BCUT2D eigenvalue weighted by Crippen LogP contribution is -2.38. The van der Waals surface area contributed by atoms with Crippen LogP contribution in [0.15, 0.2) is 24.3 Å². The number of carbonyl (C=O) groups excluding carboxylic acids is 2. The number of amides is 1. The lowest BCUT2D eigenvalue weighted by Gasteiger charge is -2.26. The molecule has 1 aromatic carbocycles. The fraction of sp³-hybridized carbons (Fsp3) is 0.542. The zero-order valence-electron chi connectivity index (χ0n) is 19.6. The Hall–Kier alpha value is -2.83. The van der Waals surface area contributed by atoms with Crippen LogP contribution in [0.5, 0.6) is 0 Å². The number of hydrogen-bond donors (Lipinski definition) is 0. The van der Waals surface area contributed by atoms with Crippen LogP contribution in [0, 0.1) is 6.92 Å². The largest absolute Gasteiger partial charge is 0.444 e. The molecule has 31 heavy (non-hydrogen) atoms. The minimum Gasteiger partial charge on any atom is -0.444 e. The van der Waals surface area contributed by atoms with Crippen molar-refractivity contribution in [3.8, 4) is 11.3 Å². The molecule has 0 spiro atoms. The third-order valence-corrected chi connectivity index (χ3v) is 4.85. The SMILES string of the molecule is Cc1cccc(-c2nn(C(=O)OC(C)(C)C)c3c2CCN(C(=O)OC(C)(C)C)CC3)c1. The van der Waals surface area contributed by atoms with Gasteiger partial charge < -0.3 is 14.4 Å². The zero-order valence-corrected chi connectivity index (χ0v) is 19.6. The van der Waals surface area contributed by atoms with Crippen LogP contribution in [0.25, 0.3) is 11.3 Å². The monoisotopic (exact) mass is 427 g/mol. The van der Waals surface area contributed by atoms with Crippen LogP contribution in [0.4, 0.5) is 9.59 Å². The maximum Gasteiger partial charge on any atom is 0.435 e. The van der Waals surface area contributed by atoms with Crippen molar-refractivity contribution in [2.75, 3.05) is 13.1 Å². The third kappa shape index (κ3) is 5.66. The van der Waals surface area contributed by atoms with Gasteiger partial charge in [0.2, 0.25) is 0 Å². The van der Waals surface area contributed by atoms with E-state index >= 15 is 0 Å². The molecule has 168 valence electrons. The van der Waals surface area contributed by atoms with Crippen molar-refractivity contribution in [1.82, 2.24) is 14.7 Å². The van der Waals surface area contributed by atoms with E-state index in [0.717, 1.165) is 28.1 Å². The van der Waals surface area contributed by atoms with Crippen molar-refractivity contribution in [1.29, 1.82) is 0 Å². The van der Waals surface area contributed by atoms with Gasteiger partial charge in [-0.15, -0.1) is 0 Å². The molecule has 0 fully saturated rings. The van der Waals surface area contributed by atoms with Crippen LogP contribution in [0.2, 0.25) is 0 Å². The Morgan fingerprint density at radius 1 is 0.935 bits per heavy atom. The van der Waals surface area contributed by atoms with E-state index < -0.39 is 17.3 Å². The molecule has 7 nitrogen and oxygen atoms in total. The second kappa shape index (κ2) is 8.36. The van der Waals surface area contributed by atoms with E-state index in [4.69, 9.17) is 9.47 Å². The van der Waals surface area contributed by atoms with E-state index in [9.17, 15) is 9.59 Å². The van der Waals surface area contributed by atoms with Gasteiger partial charge in [-0.3, -0.25) is 0 Å². The van der Waals surface area contributed by atoms with Crippen molar-refractivity contribution < 1.29 is 19.1 Å². The topological polar surface area (TPSA) is 73.7 Å². The zero-order chi connectivity index (χ0) is 23.0. The van der Waals surface area contributed by atoms with Crippen molar-refractivity contribution >= 4 is 12.2 Å². The highest BCUT2D eigenvalue weighted by Crippen LogP contribution is 2.30. The standard InChI is InChI=1S/C24H33N3O4/c1-16-9-8-10-17(15-16)20-18-11-13-26(21(28)30-23(2,3)4)14-12-19(18)27(25-20)22(29)31-24(5,6)7/h8-10,15H,11-14H2,1-7H3. The van der Waals surface area contributed by atoms with E-state index in [-0.39, 0.29) is 6.09 Å². The summed E-state index contributed by atoms with van der Waals surface area (Å²) in [5, 5.41) is 4.67. The van der Waals surface area contributed by atoms with Crippen LogP contribution in [-0.2, 0) is 22.3 Å². The molecule has 3 rings (SSSR count). The molecule has 2 aromatic rings. The first-order valence-electron chi connectivity index (χ1n) is 10.7. The molecular weight excluding hydrogens is 394 g/mol. The molecule has 0 saturated heterocycles. The molecule has 0 N–H and O–H groups in total. The Labute approximate surface area is 184 Å². The number of fused-ring (bicyclic) bond motifs is 1. The lowest BCUT2D eigenvalue weighted by atomic mass is 10.0. The van der Waals surface area contributed by atoms with Gasteiger partial charge in [-0.2, -0.15) is 9.78 Å². The molecule has 0 unspecified atom stereocenters. The Kier molecular flexibility index (Phi) is 6.16. The fourth-order valence-electron chi connectivity index (χ4n) is 3.59. The molecule has 0 aliphatic carbocycles. The second-order valence-corrected chi connectivity index (χ2v) is 10.0. The lowest BCUT2D eigenvalue weighted by molar-refractivity contribution is 0.0258. The summed E-state index contributed by atoms with van der Waals surface area (Å²) in [5.74, 6) is 0. The van der Waals surface area contributed by atoms with E-state index in [1.165, 1.54) is 4.68 Å². The highest BCUT2D eigenvalue weighted by molar-refractivity contribution is 5.75. The average molecular weight is 428 g/mol. The summed E-state index contributed by atoms with van der Waals surface area (Å²) < 4.78 is 12.5. The first-order valence-corrected chi connectivity index (χ1v) is 10.7. The summed E-state index contributed by atoms with van der Waals surface area (Å²) in [5.41, 5.74) is 3.39. The number of nitrogens with zero attached hydrogens (tertiary/aromatic N) is 3. The molecule has 7 heteroatoms. The summed E-state index contributed by atoms with van der Waals surface area (Å²) >= 11 is 0. The molecule has 1 amide bonds. The highest BCUT2D eigenvalue weighted by Gasteiger charge is 2.31. The van der Waals surface area contributed by atoms with Gasteiger partial charge >= 0.3 is 12.2 Å². The predicted octanol–water partition coefficient (Wildman–Crippen LogP) is 4.98. The molecule has 0 radical (unpaired) electrons. The van der Waals surface area contributed by atoms with Crippen molar-refractivity contribution in [2.45, 2.75) is 72.5 Å². The minimum atomic E-state index is -0.632.